The van der Waals surface area contributed by atoms with Gasteiger partial charge in [0.15, 0.2) is 23.5 Å². The zero-order valence-corrected chi connectivity index (χ0v) is 15.4. The maximum atomic E-state index is 14.9. The SMILES string of the molecule is [C-]#[N+]c1cnc(Nc2cc(-c3ccc(C4(F)CN(C)C4)cc3OC)[nH]n2)cn1. The number of alkyl halides is 1. The highest BCUT2D eigenvalue weighted by Crippen LogP contribution is 2.39. The number of likely N-dealkylation sites (N-methyl/N-ethyl adjacent to an activating group) is 1. The first-order valence-corrected chi connectivity index (χ1v) is 8.59. The molecule has 1 saturated heterocycles. The molecular formula is C19H18FN7O. The van der Waals surface area contributed by atoms with Gasteiger partial charge in [-0.3, -0.25) is 10.00 Å². The van der Waals surface area contributed by atoms with Gasteiger partial charge in [0.1, 0.15) is 5.75 Å². The van der Waals surface area contributed by atoms with E-state index < -0.39 is 5.67 Å². The number of anilines is 2. The van der Waals surface area contributed by atoms with Crippen LogP contribution in [0.1, 0.15) is 5.56 Å². The molecule has 142 valence electrons. The van der Waals surface area contributed by atoms with Crippen molar-refractivity contribution in [3.05, 3.63) is 53.6 Å². The Kier molecular flexibility index (Phi) is 4.41. The number of ether oxygens (including phenoxy) is 1. The van der Waals surface area contributed by atoms with Crippen LogP contribution in [0.3, 0.4) is 0 Å². The van der Waals surface area contributed by atoms with Gasteiger partial charge in [0.2, 0.25) is 0 Å². The van der Waals surface area contributed by atoms with Crippen LogP contribution in [-0.4, -0.2) is 52.3 Å². The Hall–Kier alpha value is -3.51. The first-order chi connectivity index (χ1) is 13.5. The first-order valence-electron chi connectivity index (χ1n) is 8.59. The molecule has 1 aliphatic rings. The number of methoxy groups -OCH3 is 1. The lowest BCUT2D eigenvalue weighted by atomic mass is 9.87. The average Bonchev–Trinajstić information content (AvgIpc) is 3.15. The molecular weight excluding hydrogens is 361 g/mol. The summed E-state index contributed by atoms with van der Waals surface area (Å²) in [6, 6.07) is 7.15. The summed E-state index contributed by atoms with van der Waals surface area (Å²) in [7, 11) is 3.45. The summed E-state index contributed by atoms with van der Waals surface area (Å²) in [5, 5.41) is 10.2. The largest absolute Gasteiger partial charge is 0.496 e. The summed E-state index contributed by atoms with van der Waals surface area (Å²) in [5.74, 6) is 1.80. The van der Waals surface area contributed by atoms with Crippen molar-refractivity contribution in [2.45, 2.75) is 5.67 Å². The van der Waals surface area contributed by atoms with Crippen molar-refractivity contribution in [2.75, 3.05) is 32.6 Å². The van der Waals surface area contributed by atoms with Crippen LogP contribution in [0.4, 0.5) is 21.8 Å². The van der Waals surface area contributed by atoms with Crippen LogP contribution in [0.15, 0.2) is 36.7 Å². The van der Waals surface area contributed by atoms with Crippen LogP contribution < -0.4 is 10.1 Å². The maximum Gasteiger partial charge on any atom is 0.288 e. The van der Waals surface area contributed by atoms with Gasteiger partial charge in [-0.2, -0.15) is 5.10 Å². The van der Waals surface area contributed by atoms with E-state index in [9.17, 15) is 4.39 Å². The summed E-state index contributed by atoms with van der Waals surface area (Å²) in [6.45, 7) is 7.65. The summed E-state index contributed by atoms with van der Waals surface area (Å²) >= 11 is 0. The van der Waals surface area contributed by atoms with E-state index in [0.717, 1.165) is 11.3 Å². The van der Waals surface area contributed by atoms with Gasteiger partial charge >= 0.3 is 0 Å². The monoisotopic (exact) mass is 379 g/mol. The molecule has 0 aliphatic carbocycles. The van der Waals surface area contributed by atoms with E-state index in [0.29, 0.717) is 36.0 Å². The third kappa shape index (κ3) is 3.25. The zero-order valence-electron chi connectivity index (χ0n) is 15.4. The quantitative estimate of drug-likeness (QED) is 0.662. The van der Waals surface area contributed by atoms with Crippen molar-refractivity contribution in [3.63, 3.8) is 0 Å². The van der Waals surface area contributed by atoms with Crippen molar-refractivity contribution in [1.82, 2.24) is 25.1 Å². The number of aromatic amines is 1. The number of hydrogen-bond acceptors (Lipinski definition) is 6. The molecule has 0 unspecified atom stereocenters. The Bertz CT molecular complexity index is 1040. The predicted molar refractivity (Wildman–Crippen MR) is 102 cm³/mol. The fourth-order valence-corrected chi connectivity index (χ4v) is 3.28. The topological polar surface area (TPSA) is 83.3 Å². The Morgan fingerprint density at radius 1 is 1.25 bits per heavy atom. The van der Waals surface area contributed by atoms with Crippen LogP contribution in [0, 0.1) is 6.57 Å². The van der Waals surface area contributed by atoms with Crippen LogP contribution in [0.2, 0.25) is 0 Å². The van der Waals surface area contributed by atoms with Crippen molar-refractivity contribution in [1.29, 1.82) is 0 Å². The Balaban J connectivity index is 1.56. The van der Waals surface area contributed by atoms with Gasteiger partial charge in [-0.05, 0) is 24.7 Å². The second kappa shape index (κ2) is 6.90. The van der Waals surface area contributed by atoms with E-state index in [1.165, 1.54) is 12.4 Å². The fourth-order valence-electron chi connectivity index (χ4n) is 3.28. The molecule has 0 spiro atoms. The van der Waals surface area contributed by atoms with Gasteiger partial charge in [-0.1, -0.05) is 12.6 Å². The number of rotatable bonds is 5. The number of nitrogens with one attached hydrogen (secondary N) is 2. The van der Waals surface area contributed by atoms with Crippen molar-refractivity contribution < 1.29 is 9.13 Å². The Morgan fingerprint density at radius 2 is 2.07 bits per heavy atom. The number of likely N-dealkylation sites (tertiary alicyclic amines) is 1. The molecule has 4 rings (SSSR count). The minimum Gasteiger partial charge on any atom is -0.496 e. The number of aromatic nitrogens is 4. The smallest absolute Gasteiger partial charge is 0.288 e. The molecule has 1 aliphatic heterocycles. The van der Waals surface area contributed by atoms with Gasteiger partial charge in [0, 0.05) is 24.7 Å². The molecule has 3 heterocycles. The summed E-state index contributed by atoms with van der Waals surface area (Å²) in [5.41, 5.74) is 0.768. The third-order valence-electron chi connectivity index (χ3n) is 4.64. The van der Waals surface area contributed by atoms with Gasteiger partial charge in [0.25, 0.3) is 5.82 Å². The average molecular weight is 379 g/mol. The minimum absolute atomic E-state index is 0.224. The van der Waals surface area contributed by atoms with E-state index in [-0.39, 0.29) is 5.82 Å². The van der Waals surface area contributed by atoms with Crippen LogP contribution in [-0.2, 0) is 5.67 Å². The van der Waals surface area contributed by atoms with E-state index in [1.54, 1.807) is 25.3 Å². The fraction of sp³-hybridized carbons (Fsp3) is 0.263. The molecule has 2 aromatic heterocycles. The molecule has 1 aromatic carbocycles. The number of nitrogens with zero attached hydrogens (tertiary/aromatic N) is 5. The molecule has 0 amide bonds. The lowest BCUT2D eigenvalue weighted by Crippen LogP contribution is -2.54. The van der Waals surface area contributed by atoms with Crippen LogP contribution in [0.25, 0.3) is 16.1 Å². The molecule has 0 radical (unpaired) electrons. The number of halogens is 1. The second-order valence-electron chi connectivity index (χ2n) is 6.72. The Labute approximate surface area is 161 Å². The van der Waals surface area contributed by atoms with Crippen molar-refractivity contribution in [3.8, 4) is 17.0 Å². The second-order valence-corrected chi connectivity index (χ2v) is 6.72. The van der Waals surface area contributed by atoms with Crippen LogP contribution >= 0.6 is 0 Å². The van der Waals surface area contributed by atoms with Crippen LogP contribution in [0.5, 0.6) is 5.75 Å². The molecule has 1 fully saturated rings. The minimum atomic E-state index is -1.34. The lowest BCUT2D eigenvalue weighted by molar-refractivity contribution is -0.0195. The predicted octanol–water partition coefficient (Wildman–Crippen LogP) is 3.28. The molecule has 0 saturated carbocycles. The molecule has 0 bridgehead atoms. The number of benzene rings is 1. The highest BCUT2D eigenvalue weighted by atomic mass is 19.1. The molecule has 3 aromatic rings. The molecule has 28 heavy (non-hydrogen) atoms. The normalized spacial score (nSPS) is 15.5. The van der Waals surface area contributed by atoms with Crippen molar-refractivity contribution in [2.24, 2.45) is 0 Å². The van der Waals surface area contributed by atoms with Crippen molar-refractivity contribution >= 4 is 17.5 Å². The number of H-pyrrole nitrogens is 1. The van der Waals surface area contributed by atoms with E-state index in [1.807, 2.05) is 18.0 Å². The van der Waals surface area contributed by atoms with E-state index >= 15 is 0 Å². The number of hydrogen-bond donors (Lipinski definition) is 2. The summed E-state index contributed by atoms with van der Waals surface area (Å²) in [4.78, 5) is 13.2. The zero-order chi connectivity index (χ0) is 19.7. The van der Waals surface area contributed by atoms with Gasteiger partial charge in [0.05, 0.1) is 19.0 Å². The first kappa shape index (κ1) is 17.9. The van der Waals surface area contributed by atoms with Gasteiger partial charge in [-0.15, -0.1) is 4.98 Å². The van der Waals surface area contributed by atoms with E-state index in [4.69, 9.17) is 11.3 Å². The molecule has 8 nitrogen and oxygen atoms in total. The van der Waals surface area contributed by atoms with Gasteiger partial charge < -0.3 is 14.9 Å². The standard InChI is InChI=1S/C19H18FN7O/c1-21-17-8-23-18(9-22-17)24-16-7-14(25-26-16)13-5-4-12(6-15(13)28-3)19(20)10-27(2)11-19/h4-9H,10-11H2,2-3H3,(H2,23,24,25,26). The molecule has 0 atom stereocenters. The highest BCUT2D eigenvalue weighted by Gasteiger charge is 2.43. The van der Waals surface area contributed by atoms with Gasteiger partial charge in [-0.25, -0.2) is 9.37 Å². The summed E-state index contributed by atoms with van der Waals surface area (Å²) in [6.07, 6.45) is 2.85. The maximum absolute atomic E-state index is 14.9. The highest BCUT2D eigenvalue weighted by molar-refractivity contribution is 5.71. The van der Waals surface area contributed by atoms with E-state index in [2.05, 4.69) is 30.3 Å². The lowest BCUT2D eigenvalue weighted by Gasteiger charge is -2.42. The third-order valence-corrected chi connectivity index (χ3v) is 4.64. The summed E-state index contributed by atoms with van der Waals surface area (Å²) < 4.78 is 20.4. The molecule has 9 heteroatoms. The Morgan fingerprint density at radius 3 is 2.71 bits per heavy atom. The molecule has 2 N–H and O–H groups in total.